The molecule has 1 aromatic rings. The number of aryl methyl sites for hydroxylation is 2. The van der Waals surface area contributed by atoms with Crippen LogP contribution in [0.3, 0.4) is 0 Å². The van der Waals surface area contributed by atoms with Gasteiger partial charge in [0, 0.05) is 24.5 Å². The maximum Gasteiger partial charge on any atom is 0.170 e. The van der Waals surface area contributed by atoms with Gasteiger partial charge < -0.3 is 14.6 Å². The van der Waals surface area contributed by atoms with Gasteiger partial charge in [-0.05, 0) is 50.3 Å². The van der Waals surface area contributed by atoms with Crippen LogP contribution >= 0.6 is 0 Å². The Hall–Kier alpha value is -1.81. The molecule has 23 heavy (non-hydrogen) atoms. The van der Waals surface area contributed by atoms with Gasteiger partial charge in [-0.2, -0.15) is 0 Å². The number of ketones is 1. The van der Waals surface area contributed by atoms with Crippen LogP contribution in [0.25, 0.3) is 5.57 Å². The van der Waals surface area contributed by atoms with Gasteiger partial charge in [-0.3, -0.25) is 4.79 Å². The lowest BCUT2D eigenvalue weighted by molar-refractivity contribution is -0.120. The number of hydrogen-bond donors (Lipinski definition) is 1. The van der Waals surface area contributed by atoms with Crippen LogP contribution in [-0.2, 0) is 9.53 Å². The van der Waals surface area contributed by atoms with Crippen molar-refractivity contribution < 1.29 is 19.4 Å². The second-order valence-electron chi connectivity index (χ2n) is 6.67. The average molecular weight is 316 g/mol. The fourth-order valence-electron chi connectivity index (χ4n) is 4.12. The summed E-state index contributed by atoms with van der Waals surface area (Å²) in [5.41, 5.74) is 3.22. The Bertz CT molecular complexity index is 674. The van der Waals surface area contributed by atoms with E-state index in [9.17, 15) is 9.90 Å². The van der Waals surface area contributed by atoms with Crippen LogP contribution in [0, 0.1) is 25.7 Å². The monoisotopic (exact) mass is 316 g/mol. The third-order valence-electron chi connectivity index (χ3n) is 5.24. The third-order valence-corrected chi connectivity index (χ3v) is 5.24. The number of methoxy groups -OCH3 is 2. The van der Waals surface area contributed by atoms with Crippen molar-refractivity contribution in [3.8, 4) is 5.75 Å². The van der Waals surface area contributed by atoms with Gasteiger partial charge in [0.25, 0.3) is 0 Å². The lowest BCUT2D eigenvalue weighted by atomic mass is 9.78. The van der Waals surface area contributed by atoms with Crippen molar-refractivity contribution in [1.82, 2.24) is 0 Å². The Kier molecular flexibility index (Phi) is 4.19. The van der Waals surface area contributed by atoms with Crippen LogP contribution in [-0.4, -0.2) is 31.2 Å². The molecule has 0 aromatic heterocycles. The lowest BCUT2D eigenvalue weighted by Crippen LogP contribution is -2.30. The Morgan fingerprint density at radius 1 is 1.13 bits per heavy atom. The molecule has 1 N–H and O–H groups in total. The smallest absolute Gasteiger partial charge is 0.170 e. The first kappa shape index (κ1) is 16.1. The van der Waals surface area contributed by atoms with Gasteiger partial charge in [0.1, 0.15) is 11.5 Å². The minimum Gasteiger partial charge on any atom is -0.511 e. The topological polar surface area (TPSA) is 55.8 Å². The summed E-state index contributed by atoms with van der Waals surface area (Å²) in [5, 5.41) is 10.7. The normalized spacial score (nSPS) is 27.3. The van der Waals surface area contributed by atoms with Gasteiger partial charge >= 0.3 is 0 Å². The van der Waals surface area contributed by atoms with Crippen LogP contribution in [0.1, 0.15) is 36.0 Å². The number of fused-ring (bicyclic) bond motifs is 1. The summed E-state index contributed by atoms with van der Waals surface area (Å²) in [5.74, 6) is 0.669. The number of ether oxygens (including phenoxy) is 2. The van der Waals surface area contributed by atoms with Crippen molar-refractivity contribution in [3.05, 3.63) is 34.6 Å². The predicted octanol–water partition coefficient (Wildman–Crippen LogP) is 3.60. The van der Waals surface area contributed by atoms with E-state index in [4.69, 9.17) is 9.47 Å². The van der Waals surface area contributed by atoms with E-state index in [0.717, 1.165) is 29.5 Å². The van der Waals surface area contributed by atoms with E-state index in [1.165, 1.54) is 0 Å². The molecule has 0 saturated heterocycles. The first-order valence-electron chi connectivity index (χ1n) is 8.13. The molecule has 124 valence electrons. The van der Waals surface area contributed by atoms with E-state index in [-0.39, 0.29) is 29.5 Å². The minimum absolute atomic E-state index is 0.0273. The van der Waals surface area contributed by atoms with E-state index < -0.39 is 0 Å². The molecule has 0 radical (unpaired) electrons. The molecule has 0 spiro atoms. The minimum atomic E-state index is -0.172. The molecular weight excluding hydrogens is 292 g/mol. The van der Waals surface area contributed by atoms with Crippen molar-refractivity contribution in [2.75, 3.05) is 14.2 Å². The molecule has 0 bridgehead atoms. The first-order valence-corrected chi connectivity index (χ1v) is 8.13. The molecule has 3 unspecified atom stereocenters. The number of allylic oxidation sites excluding steroid dienone is 2. The van der Waals surface area contributed by atoms with Gasteiger partial charge in [-0.15, -0.1) is 0 Å². The molecule has 2 aliphatic rings. The number of hydrogen-bond acceptors (Lipinski definition) is 4. The van der Waals surface area contributed by atoms with Crippen molar-refractivity contribution in [3.63, 3.8) is 0 Å². The lowest BCUT2D eigenvalue weighted by Gasteiger charge is -2.30. The van der Waals surface area contributed by atoms with Crippen LogP contribution in [0.5, 0.6) is 5.75 Å². The Morgan fingerprint density at radius 3 is 2.52 bits per heavy atom. The van der Waals surface area contributed by atoms with Gasteiger partial charge in [0.15, 0.2) is 5.78 Å². The zero-order valence-electron chi connectivity index (χ0n) is 14.2. The van der Waals surface area contributed by atoms with Crippen molar-refractivity contribution in [2.45, 2.75) is 39.2 Å². The summed E-state index contributed by atoms with van der Waals surface area (Å²) in [6.45, 7) is 3.95. The largest absolute Gasteiger partial charge is 0.511 e. The van der Waals surface area contributed by atoms with Gasteiger partial charge in [0.2, 0.25) is 0 Å². The Balaban J connectivity index is 2.07. The van der Waals surface area contributed by atoms with E-state index in [1.807, 2.05) is 26.0 Å². The predicted molar refractivity (Wildman–Crippen MR) is 88.7 cm³/mol. The molecule has 4 nitrogen and oxygen atoms in total. The molecule has 0 aliphatic heterocycles. The van der Waals surface area contributed by atoms with Crippen LogP contribution < -0.4 is 4.74 Å². The summed E-state index contributed by atoms with van der Waals surface area (Å²) in [4.78, 5) is 13.0. The molecule has 3 rings (SSSR count). The van der Waals surface area contributed by atoms with E-state index >= 15 is 0 Å². The van der Waals surface area contributed by atoms with Crippen LogP contribution in [0.4, 0.5) is 0 Å². The highest BCUT2D eigenvalue weighted by atomic mass is 16.5. The number of carbonyl (C=O) groups is 1. The zero-order chi connectivity index (χ0) is 16.7. The molecule has 1 saturated carbocycles. The number of Topliss-reactive ketones (excluding diaryl/α,β-unsaturated/α-hetero) is 1. The molecule has 2 aliphatic carbocycles. The highest BCUT2D eigenvalue weighted by Crippen LogP contribution is 2.48. The van der Waals surface area contributed by atoms with E-state index in [2.05, 4.69) is 0 Å². The molecule has 1 fully saturated rings. The average Bonchev–Trinajstić information content (AvgIpc) is 2.78. The zero-order valence-corrected chi connectivity index (χ0v) is 14.2. The summed E-state index contributed by atoms with van der Waals surface area (Å²) < 4.78 is 10.9. The Labute approximate surface area is 137 Å². The van der Waals surface area contributed by atoms with Gasteiger partial charge in [-0.1, -0.05) is 6.07 Å². The number of benzene rings is 1. The highest BCUT2D eigenvalue weighted by molar-refractivity contribution is 6.25. The molecule has 0 heterocycles. The number of carbonyl (C=O) groups excluding carboxylic acids is 1. The third kappa shape index (κ3) is 2.55. The number of aliphatic hydroxyl groups is 1. The molecule has 3 atom stereocenters. The molecule has 0 amide bonds. The fourth-order valence-corrected chi connectivity index (χ4v) is 4.12. The second kappa shape index (κ2) is 6.00. The number of rotatable bonds is 3. The summed E-state index contributed by atoms with van der Waals surface area (Å²) in [7, 11) is 3.29. The Morgan fingerprint density at radius 2 is 1.87 bits per heavy atom. The maximum atomic E-state index is 13.0. The first-order chi connectivity index (χ1) is 11.0. The SMILES string of the molecule is COc1cc(C)cc(C)c1C1=C(O)C2CCC(OC)CC2C1=O. The molecule has 4 heteroatoms. The van der Waals surface area contributed by atoms with Gasteiger partial charge in [0.05, 0.1) is 18.8 Å². The molecular formula is C19H24O4. The molecule has 1 aromatic carbocycles. The van der Waals surface area contributed by atoms with Crippen molar-refractivity contribution in [1.29, 1.82) is 0 Å². The van der Waals surface area contributed by atoms with Crippen molar-refractivity contribution >= 4 is 11.4 Å². The summed E-state index contributed by atoms with van der Waals surface area (Å²) >= 11 is 0. The fraction of sp³-hybridized carbons (Fsp3) is 0.526. The summed E-state index contributed by atoms with van der Waals surface area (Å²) in [6.07, 6.45) is 2.46. The van der Waals surface area contributed by atoms with E-state index in [0.29, 0.717) is 17.7 Å². The highest BCUT2D eigenvalue weighted by Gasteiger charge is 2.46. The van der Waals surface area contributed by atoms with Gasteiger partial charge in [-0.25, -0.2) is 0 Å². The quantitative estimate of drug-likeness (QED) is 0.926. The van der Waals surface area contributed by atoms with Crippen molar-refractivity contribution in [2.24, 2.45) is 11.8 Å². The standard InChI is InChI=1S/C19H24O4/c1-10-7-11(2)16(15(8-10)23-4)17-18(20)13-6-5-12(22-3)9-14(13)19(17)21/h7-8,12-14,20H,5-6,9H2,1-4H3. The van der Waals surface area contributed by atoms with E-state index in [1.54, 1.807) is 14.2 Å². The van der Waals surface area contributed by atoms with Crippen LogP contribution in [0.2, 0.25) is 0 Å². The second-order valence-corrected chi connectivity index (χ2v) is 6.67. The summed E-state index contributed by atoms with van der Waals surface area (Å²) in [6, 6.07) is 3.93. The maximum absolute atomic E-state index is 13.0. The van der Waals surface area contributed by atoms with Crippen LogP contribution in [0.15, 0.2) is 17.9 Å². The number of aliphatic hydroxyl groups excluding tert-OH is 1.